The summed E-state index contributed by atoms with van der Waals surface area (Å²) in [6.45, 7) is 0. The van der Waals surface area contributed by atoms with Crippen molar-refractivity contribution in [1.29, 1.82) is 0 Å². The third kappa shape index (κ3) is 1.90. The lowest BCUT2D eigenvalue weighted by Gasteiger charge is -2.05. The molecule has 1 heterocycles. The first-order valence-electron chi connectivity index (χ1n) is 3.73. The van der Waals surface area contributed by atoms with Crippen LogP contribution in [-0.4, -0.2) is 11.1 Å². The number of nitrogens with zero attached hydrogens (tertiary/aromatic N) is 1. The normalized spacial score (nSPS) is 16.2. The maximum atomic E-state index is 5.81. The van der Waals surface area contributed by atoms with Gasteiger partial charge in [-0.2, -0.15) is 0 Å². The van der Waals surface area contributed by atoms with Gasteiger partial charge in [0.05, 0.1) is 6.10 Å². The van der Waals surface area contributed by atoms with E-state index in [1.54, 1.807) is 6.20 Å². The van der Waals surface area contributed by atoms with Crippen LogP contribution in [0.3, 0.4) is 0 Å². The van der Waals surface area contributed by atoms with E-state index < -0.39 is 0 Å². The van der Waals surface area contributed by atoms with Crippen molar-refractivity contribution in [3.8, 4) is 5.75 Å². The van der Waals surface area contributed by atoms with Crippen molar-refractivity contribution >= 4 is 27.5 Å². The van der Waals surface area contributed by atoms with Crippen molar-refractivity contribution in [2.45, 2.75) is 18.9 Å². The number of aromatic nitrogens is 1. The fourth-order valence-electron chi connectivity index (χ4n) is 0.852. The average Bonchev–Trinajstić information content (AvgIpc) is 2.81. The lowest BCUT2D eigenvalue weighted by Crippen LogP contribution is -1.97. The van der Waals surface area contributed by atoms with E-state index in [4.69, 9.17) is 16.3 Å². The molecule has 0 saturated heterocycles. The monoisotopic (exact) mass is 247 g/mol. The van der Waals surface area contributed by atoms with Gasteiger partial charge in [-0.25, -0.2) is 4.98 Å². The fraction of sp³-hybridized carbons (Fsp3) is 0.375. The molecule has 0 bridgehead atoms. The van der Waals surface area contributed by atoms with Gasteiger partial charge in [-0.3, -0.25) is 0 Å². The van der Waals surface area contributed by atoms with Crippen LogP contribution in [0.4, 0.5) is 0 Å². The van der Waals surface area contributed by atoms with Crippen LogP contribution in [0, 0.1) is 0 Å². The van der Waals surface area contributed by atoms with Crippen LogP contribution in [0.15, 0.2) is 16.7 Å². The summed E-state index contributed by atoms with van der Waals surface area (Å²) >= 11 is 9.12. The van der Waals surface area contributed by atoms with E-state index in [-0.39, 0.29) is 0 Å². The highest BCUT2D eigenvalue weighted by molar-refractivity contribution is 9.10. The molecule has 1 aromatic rings. The van der Waals surface area contributed by atoms with Crippen LogP contribution >= 0.6 is 27.5 Å². The van der Waals surface area contributed by atoms with Crippen molar-refractivity contribution in [3.05, 3.63) is 21.9 Å². The van der Waals surface area contributed by atoms with Crippen LogP contribution in [0.5, 0.6) is 5.75 Å². The van der Waals surface area contributed by atoms with E-state index >= 15 is 0 Å². The fourth-order valence-corrected chi connectivity index (χ4v) is 1.31. The first-order valence-corrected chi connectivity index (χ1v) is 4.90. The number of ether oxygens (including phenoxy) is 1. The van der Waals surface area contributed by atoms with Crippen LogP contribution in [-0.2, 0) is 0 Å². The van der Waals surface area contributed by atoms with E-state index in [0.29, 0.717) is 17.0 Å². The van der Waals surface area contributed by atoms with Gasteiger partial charge >= 0.3 is 0 Å². The molecule has 1 aliphatic rings. The number of hydrogen-bond acceptors (Lipinski definition) is 2. The van der Waals surface area contributed by atoms with Crippen LogP contribution < -0.4 is 4.74 Å². The average molecular weight is 249 g/mol. The summed E-state index contributed by atoms with van der Waals surface area (Å²) in [5, 5.41) is 0.435. The minimum atomic E-state index is 0.360. The summed E-state index contributed by atoms with van der Waals surface area (Å²) in [6, 6.07) is 1.84. The van der Waals surface area contributed by atoms with E-state index in [2.05, 4.69) is 20.9 Å². The highest BCUT2D eigenvalue weighted by atomic mass is 79.9. The van der Waals surface area contributed by atoms with Gasteiger partial charge in [-0.15, -0.1) is 0 Å². The molecule has 0 radical (unpaired) electrons. The highest BCUT2D eigenvalue weighted by Crippen LogP contribution is 2.32. The molecular weight excluding hydrogens is 241 g/mol. The third-order valence-corrected chi connectivity index (χ3v) is 2.31. The van der Waals surface area contributed by atoms with E-state index in [1.165, 1.54) is 0 Å². The minimum absolute atomic E-state index is 0.360. The van der Waals surface area contributed by atoms with Crippen molar-refractivity contribution in [1.82, 2.24) is 4.98 Å². The zero-order chi connectivity index (χ0) is 8.55. The van der Waals surface area contributed by atoms with Crippen molar-refractivity contribution in [2.24, 2.45) is 0 Å². The Kier molecular flexibility index (Phi) is 2.24. The predicted octanol–water partition coefficient (Wildman–Crippen LogP) is 3.04. The Morgan fingerprint density at radius 2 is 2.33 bits per heavy atom. The number of hydrogen-bond donors (Lipinski definition) is 0. The van der Waals surface area contributed by atoms with E-state index in [1.807, 2.05) is 6.07 Å². The first kappa shape index (κ1) is 8.32. The molecular formula is C8H7BrClNO. The van der Waals surface area contributed by atoms with E-state index in [9.17, 15) is 0 Å². The van der Waals surface area contributed by atoms with Crippen LogP contribution in [0.1, 0.15) is 12.8 Å². The van der Waals surface area contributed by atoms with Crippen molar-refractivity contribution in [2.75, 3.05) is 0 Å². The van der Waals surface area contributed by atoms with Gasteiger partial charge in [0, 0.05) is 10.7 Å². The largest absolute Gasteiger partial charge is 0.487 e. The quantitative estimate of drug-likeness (QED) is 0.751. The lowest BCUT2D eigenvalue weighted by atomic mass is 10.4. The van der Waals surface area contributed by atoms with Gasteiger partial charge in [-0.1, -0.05) is 11.6 Å². The first-order chi connectivity index (χ1) is 5.75. The van der Waals surface area contributed by atoms with Gasteiger partial charge in [0.15, 0.2) is 10.9 Å². The maximum absolute atomic E-state index is 5.81. The van der Waals surface area contributed by atoms with Gasteiger partial charge in [-0.05, 0) is 34.8 Å². The standard InChI is InChI=1S/C8H7BrClNO/c9-5-3-7(8(10)11-4-5)12-6-1-2-6/h3-4,6H,1-2H2. The molecule has 0 amide bonds. The number of pyridine rings is 1. The van der Waals surface area contributed by atoms with Gasteiger partial charge in [0.25, 0.3) is 0 Å². The Bertz CT molecular complexity index is 301. The molecule has 64 valence electrons. The maximum Gasteiger partial charge on any atom is 0.171 e. The summed E-state index contributed by atoms with van der Waals surface area (Å²) in [7, 11) is 0. The van der Waals surface area contributed by atoms with Crippen LogP contribution in [0.25, 0.3) is 0 Å². The highest BCUT2D eigenvalue weighted by Gasteiger charge is 2.24. The van der Waals surface area contributed by atoms with Crippen molar-refractivity contribution < 1.29 is 4.74 Å². The van der Waals surface area contributed by atoms with Crippen LogP contribution in [0.2, 0.25) is 5.15 Å². The molecule has 0 atom stereocenters. The molecule has 0 spiro atoms. The minimum Gasteiger partial charge on any atom is -0.487 e. The second-order valence-electron chi connectivity index (χ2n) is 2.76. The molecule has 0 N–H and O–H groups in total. The zero-order valence-electron chi connectivity index (χ0n) is 6.26. The number of rotatable bonds is 2. The second-order valence-corrected chi connectivity index (χ2v) is 4.03. The lowest BCUT2D eigenvalue weighted by molar-refractivity contribution is 0.302. The third-order valence-electron chi connectivity index (χ3n) is 1.59. The Balaban J connectivity index is 2.21. The van der Waals surface area contributed by atoms with Gasteiger partial charge < -0.3 is 4.74 Å². The second kappa shape index (κ2) is 3.23. The Labute approximate surface area is 84.0 Å². The molecule has 0 aromatic carbocycles. The summed E-state index contributed by atoms with van der Waals surface area (Å²) in [5.74, 6) is 0.675. The molecule has 1 aromatic heterocycles. The molecule has 1 fully saturated rings. The molecule has 0 unspecified atom stereocenters. The molecule has 1 aliphatic carbocycles. The molecule has 2 rings (SSSR count). The van der Waals surface area contributed by atoms with Crippen molar-refractivity contribution in [3.63, 3.8) is 0 Å². The molecule has 0 aliphatic heterocycles. The SMILES string of the molecule is Clc1ncc(Br)cc1OC1CC1. The molecule has 2 nitrogen and oxygen atoms in total. The van der Waals surface area contributed by atoms with E-state index in [0.717, 1.165) is 17.3 Å². The Morgan fingerprint density at radius 3 is 3.00 bits per heavy atom. The van der Waals surface area contributed by atoms with Gasteiger partial charge in [0.2, 0.25) is 0 Å². The summed E-state index contributed by atoms with van der Waals surface area (Å²) in [6.07, 6.45) is 4.27. The summed E-state index contributed by atoms with van der Waals surface area (Å²) in [4.78, 5) is 3.95. The van der Waals surface area contributed by atoms with Gasteiger partial charge in [0.1, 0.15) is 0 Å². The topological polar surface area (TPSA) is 22.1 Å². The smallest absolute Gasteiger partial charge is 0.171 e. The zero-order valence-corrected chi connectivity index (χ0v) is 8.60. The number of halogens is 2. The molecule has 4 heteroatoms. The summed E-state index contributed by atoms with van der Waals surface area (Å²) in [5.41, 5.74) is 0. The summed E-state index contributed by atoms with van der Waals surface area (Å²) < 4.78 is 6.40. The Hall–Kier alpha value is -0.280. The molecule has 1 saturated carbocycles. The predicted molar refractivity (Wildman–Crippen MR) is 50.6 cm³/mol. The Morgan fingerprint density at radius 1 is 1.58 bits per heavy atom. The molecule has 12 heavy (non-hydrogen) atoms.